The van der Waals surface area contributed by atoms with Crippen LogP contribution in [0.5, 0.6) is 0 Å². The summed E-state index contributed by atoms with van der Waals surface area (Å²) >= 11 is 3.36. The van der Waals surface area contributed by atoms with Crippen molar-refractivity contribution in [3.05, 3.63) is 28.5 Å². The third-order valence-electron chi connectivity index (χ3n) is 2.67. The SMILES string of the molecule is CC(C)C(C)(N)Cc1ccc(Br)cn1. The third kappa shape index (κ3) is 3.07. The molecule has 1 unspecified atom stereocenters. The van der Waals surface area contributed by atoms with Gasteiger partial charge in [-0.2, -0.15) is 0 Å². The van der Waals surface area contributed by atoms with E-state index >= 15 is 0 Å². The smallest absolute Gasteiger partial charge is 0.0422 e. The zero-order valence-corrected chi connectivity index (χ0v) is 10.5. The van der Waals surface area contributed by atoms with E-state index in [2.05, 4.69) is 41.7 Å². The van der Waals surface area contributed by atoms with E-state index in [9.17, 15) is 0 Å². The van der Waals surface area contributed by atoms with Gasteiger partial charge < -0.3 is 5.73 Å². The lowest BCUT2D eigenvalue weighted by molar-refractivity contribution is 0.335. The minimum atomic E-state index is -0.180. The number of hydrogen-bond acceptors (Lipinski definition) is 2. The van der Waals surface area contributed by atoms with Crippen LogP contribution in [0.15, 0.2) is 22.8 Å². The molecule has 14 heavy (non-hydrogen) atoms. The van der Waals surface area contributed by atoms with Gasteiger partial charge in [-0.15, -0.1) is 0 Å². The molecule has 2 nitrogen and oxygen atoms in total. The predicted molar refractivity (Wildman–Crippen MR) is 63.1 cm³/mol. The van der Waals surface area contributed by atoms with Gasteiger partial charge in [0.25, 0.3) is 0 Å². The summed E-state index contributed by atoms with van der Waals surface area (Å²) in [7, 11) is 0. The van der Waals surface area contributed by atoms with Gasteiger partial charge in [-0.05, 0) is 40.9 Å². The van der Waals surface area contributed by atoms with Crippen LogP contribution in [0, 0.1) is 5.92 Å². The lowest BCUT2D eigenvalue weighted by Gasteiger charge is -2.28. The summed E-state index contributed by atoms with van der Waals surface area (Å²) in [5.74, 6) is 0.452. The molecular weight excluding hydrogens is 240 g/mol. The van der Waals surface area contributed by atoms with Crippen LogP contribution >= 0.6 is 15.9 Å². The van der Waals surface area contributed by atoms with E-state index in [-0.39, 0.29) is 5.54 Å². The topological polar surface area (TPSA) is 38.9 Å². The van der Waals surface area contributed by atoms with Crippen molar-refractivity contribution in [3.8, 4) is 0 Å². The normalized spacial score (nSPS) is 15.6. The molecule has 0 spiro atoms. The first-order valence-corrected chi connectivity index (χ1v) is 5.60. The minimum absolute atomic E-state index is 0.180. The Kier molecular flexibility index (Phi) is 3.67. The predicted octanol–water partition coefficient (Wildman–Crippen LogP) is 2.76. The summed E-state index contributed by atoms with van der Waals surface area (Å²) in [6.45, 7) is 6.35. The number of halogens is 1. The van der Waals surface area contributed by atoms with Gasteiger partial charge in [0, 0.05) is 28.3 Å². The van der Waals surface area contributed by atoms with E-state index in [4.69, 9.17) is 5.73 Å². The fourth-order valence-electron chi connectivity index (χ4n) is 1.11. The van der Waals surface area contributed by atoms with Gasteiger partial charge in [-0.1, -0.05) is 13.8 Å². The second-order valence-electron chi connectivity index (χ2n) is 4.31. The van der Waals surface area contributed by atoms with Gasteiger partial charge in [-0.25, -0.2) is 0 Å². The molecule has 1 aromatic rings. The van der Waals surface area contributed by atoms with Crippen LogP contribution in [-0.2, 0) is 6.42 Å². The summed E-state index contributed by atoms with van der Waals surface area (Å²) in [6, 6.07) is 4.01. The van der Waals surface area contributed by atoms with Crippen molar-refractivity contribution in [2.75, 3.05) is 0 Å². The number of aromatic nitrogens is 1. The highest BCUT2D eigenvalue weighted by molar-refractivity contribution is 9.10. The molecule has 0 fully saturated rings. The molecule has 78 valence electrons. The Morgan fingerprint density at radius 3 is 2.57 bits per heavy atom. The second-order valence-corrected chi connectivity index (χ2v) is 5.22. The van der Waals surface area contributed by atoms with Crippen LogP contribution in [0.3, 0.4) is 0 Å². The molecule has 0 saturated carbocycles. The van der Waals surface area contributed by atoms with Crippen LogP contribution < -0.4 is 5.73 Å². The van der Waals surface area contributed by atoms with E-state index in [1.807, 2.05) is 18.3 Å². The van der Waals surface area contributed by atoms with Crippen molar-refractivity contribution in [1.82, 2.24) is 4.98 Å². The molecule has 3 heteroatoms. The molecule has 1 heterocycles. The van der Waals surface area contributed by atoms with Gasteiger partial charge in [0.2, 0.25) is 0 Å². The quantitative estimate of drug-likeness (QED) is 0.904. The Balaban J connectivity index is 2.74. The van der Waals surface area contributed by atoms with Gasteiger partial charge in [0.15, 0.2) is 0 Å². The minimum Gasteiger partial charge on any atom is -0.325 e. The number of hydrogen-bond donors (Lipinski definition) is 1. The molecule has 0 aromatic carbocycles. The fourth-order valence-corrected chi connectivity index (χ4v) is 1.34. The molecule has 0 bridgehead atoms. The van der Waals surface area contributed by atoms with E-state index in [1.54, 1.807) is 0 Å². The summed E-state index contributed by atoms with van der Waals surface area (Å²) < 4.78 is 1.00. The monoisotopic (exact) mass is 256 g/mol. The summed E-state index contributed by atoms with van der Waals surface area (Å²) in [5, 5.41) is 0. The fraction of sp³-hybridized carbons (Fsp3) is 0.545. The zero-order valence-electron chi connectivity index (χ0n) is 8.92. The Morgan fingerprint density at radius 2 is 2.14 bits per heavy atom. The van der Waals surface area contributed by atoms with Crippen LogP contribution in [0.25, 0.3) is 0 Å². The van der Waals surface area contributed by atoms with E-state index in [0.29, 0.717) is 5.92 Å². The van der Waals surface area contributed by atoms with Crippen LogP contribution in [0.2, 0.25) is 0 Å². The molecule has 1 atom stereocenters. The van der Waals surface area contributed by atoms with E-state index < -0.39 is 0 Å². The maximum atomic E-state index is 6.18. The van der Waals surface area contributed by atoms with Crippen molar-refractivity contribution in [2.45, 2.75) is 32.7 Å². The van der Waals surface area contributed by atoms with E-state index in [1.165, 1.54) is 0 Å². The number of pyridine rings is 1. The van der Waals surface area contributed by atoms with Crippen molar-refractivity contribution in [1.29, 1.82) is 0 Å². The molecule has 1 rings (SSSR count). The number of nitrogens with two attached hydrogens (primary N) is 1. The van der Waals surface area contributed by atoms with Gasteiger partial charge in [0.1, 0.15) is 0 Å². The largest absolute Gasteiger partial charge is 0.325 e. The molecule has 0 aliphatic heterocycles. The molecular formula is C11H17BrN2. The number of rotatable bonds is 3. The van der Waals surface area contributed by atoms with Crippen LogP contribution in [-0.4, -0.2) is 10.5 Å². The average Bonchev–Trinajstić information content (AvgIpc) is 2.08. The van der Waals surface area contributed by atoms with Gasteiger partial charge in [0.05, 0.1) is 0 Å². The first-order chi connectivity index (χ1) is 6.42. The molecule has 0 saturated heterocycles. The van der Waals surface area contributed by atoms with Crippen molar-refractivity contribution >= 4 is 15.9 Å². The van der Waals surface area contributed by atoms with Crippen LogP contribution in [0.1, 0.15) is 26.5 Å². The molecule has 0 amide bonds. The van der Waals surface area contributed by atoms with Crippen molar-refractivity contribution in [3.63, 3.8) is 0 Å². The van der Waals surface area contributed by atoms with Crippen LogP contribution in [0.4, 0.5) is 0 Å². The van der Waals surface area contributed by atoms with Crippen molar-refractivity contribution in [2.24, 2.45) is 11.7 Å². The lowest BCUT2D eigenvalue weighted by Crippen LogP contribution is -2.44. The molecule has 2 N–H and O–H groups in total. The molecule has 0 aliphatic carbocycles. The molecule has 1 aromatic heterocycles. The first-order valence-electron chi connectivity index (χ1n) is 4.81. The highest BCUT2D eigenvalue weighted by atomic mass is 79.9. The highest BCUT2D eigenvalue weighted by Crippen LogP contribution is 2.18. The average molecular weight is 257 g/mol. The molecule has 0 aliphatic rings. The Hall–Kier alpha value is -0.410. The highest BCUT2D eigenvalue weighted by Gasteiger charge is 2.23. The zero-order chi connectivity index (χ0) is 10.8. The lowest BCUT2D eigenvalue weighted by atomic mass is 9.85. The second kappa shape index (κ2) is 4.41. The first kappa shape index (κ1) is 11.7. The molecule has 0 radical (unpaired) electrons. The van der Waals surface area contributed by atoms with Crippen molar-refractivity contribution < 1.29 is 0 Å². The maximum absolute atomic E-state index is 6.18. The van der Waals surface area contributed by atoms with Gasteiger partial charge >= 0.3 is 0 Å². The standard InChI is InChI=1S/C11H17BrN2/c1-8(2)11(3,13)6-10-5-4-9(12)7-14-10/h4-5,7-8H,6,13H2,1-3H3. The van der Waals surface area contributed by atoms with E-state index in [0.717, 1.165) is 16.6 Å². The van der Waals surface area contributed by atoms with Gasteiger partial charge in [-0.3, -0.25) is 4.98 Å². The Bertz CT molecular complexity index is 291. The summed E-state index contributed by atoms with van der Waals surface area (Å²) in [5.41, 5.74) is 7.05. The summed E-state index contributed by atoms with van der Waals surface area (Å²) in [6.07, 6.45) is 2.63. The number of nitrogens with zero attached hydrogens (tertiary/aromatic N) is 1. The Morgan fingerprint density at radius 1 is 1.50 bits per heavy atom. The maximum Gasteiger partial charge on any atom is 0.0422 e. The summed E-state index contributed by atoms with van der Waals surface area (Å²) in [4.78, 5) is 4.32. The Labute approximate surface area is 94.0 Å². The third-order valence-corrected chi connectivity index (χ3v) is 3.14.